The number of carbonyl (C=O) groups is 2. The molecule has 0 unspecified atom stereocenters. The zero-order valence-electron chi connectivity index (χ0n) is 14.8. The Bertz CT molecular complexity index is 1280. The van der Waals surface area contributed by atoms with Gasteiger partial charge < -0.3 is 4.74 Å². The van der Waals surface area contributed by atoms with Crippen LogP contribution >= 0.6 is 0 Å². The summed E-state index contributed by atoms with van der Waals surface area (Å²) in [5.41, 5.74) is 0.122. The molecule has 0 amide bonds. The summed E-state index contributed by atoms with van der Waals surface area (Å²) < 4.78 is 6.40. The molecule has 138 valence electrons. The van der Waals surface area contributed by atoms with Crippen LogP contribution in [0.2, 0.25) is 0 Å². The third kappa shape index (κ3) is 2.90. The lowest BCUT2D eigenvalue weighted by atomic mass is 10.1. The van der Waals surface area contributed by atoms with Crippen molar-refractivity contribution in [2.75, 3.05) is 6.61 Å². The molecule has 0 aliphatic carbocycles. The number of hydrogen-bond acceptors (Lipinski definition) is 7. The Morgan fingerprint density at radius 2 is 1.86 bits per heavy atom. The molecule has 8 heteroatoms. The van der Waals surface area contributed by atoms with Gasteiger partial charge in [0.1, 0.15) is 17.0 Å². The second-order valence-corrected chi connectivity index (χ2v) is 5.88. The first-order valence-electron chi connectivity index (χ1n) is 8.56. The SMILES string of the molecule is CCOC(=O)c1cc(C(=O)c2ccccn2)nn2c1nc(=O)c1ccccc12. The van der Waals surface area contributed by atoms with Crippen LogP contribution in [0.1, 0.15) is 33.5 Å². The molecule has 8 nitrogen and oxygen atoms in total. The Morgan fingerprint density at radius 3 is 2.61 bits per heavy atom. The predicted octanol–water partition coefficient (Wildman–Crippen LogP) is 2.05. The number of aromatic nitrogens is 4. The van der Waals surface area contributed by atoms with Gasteiger partial charge in [-0.25, -0.2) is 9.31 Å². The lowest BCUT2D eigenvalue weighted by Gasteiger charge is -2.11. The van der Waals surface area contributed by atoms with E-state index in [2.05, 4.69) is 15.1 Å². The second kappa shape index (κ2) is 6.99. The standard InChI is InChI=1S/C20H14N4O4/c1-2-28-20(27)13-11-15(17(25)14-8-5-6-10-21-14)23-24-16-9-4-3-7-12(16)19(26)22-18(13)24/h3-11H,2H2,1H3. The number of nitrogens with zero attached hydrogens (tertiary/aromatic N) is 4. The Balaban J connectivity index is 2.06. The number of esters is 1. The van der Waals surface area contributed by atoms with Crippen LogP contribution in [-0.4, -0.2) is 37.9 Å². The van der Waals surface area contributed by atoms with Crippen molar-refractivity contribution >= 4 is 28.3 Å². The first-order valence-corrected chi connectivity index (χ1v) is 8.56. The summed E-state index contributed by atoms with van der Waals surface area (Å²) in [7, 11) is 0. The largest absolute Gasteiger partial charge is 0.462 e. The maximum Gasteiger partial charge on any atom is 0.342 e. The van der Waals surface area contributed by atoms with Gasteiger partial charge in [-0.3, -0.25) is 14.6 Å². The van der Waals surface area contributed by atoms with Crippen molar-refractivity contribution < 1.29 is 14.3 Å². The Hall–Kier alpha value is -3.94. The molecule has 0 saturated heterocycles. The van der Waals surface area contributed by atoms with E-state index in [0.29, 0.717) is 10.9 Å². The number of hydrogen-bond donors (Lipinski definition) is 0. The Labute approximate surface area is 158 Å². The second-order valence-electron chi connectivity index (χ2n) is 5.88. The van der Waals surface area contributed by atoms with Crippen molar-refractivity contribution in [2.45, 2.75) is 6.92 Å². The summed E-state index contributed by atoms with van der Waals surface area (Å²) in [5, 5.41) is 4.67. The van der Waals surface area contributed by atoms with Gasteiger partial charge in [0.15, 0.2) is 5.65 Å². The number of para-hydroxylation sites is 1. The van der Waals surface area contributed by atoms with E-state index < -0.39 is 17.3 Å². The number of ketones is 1. The van der Waals surface area contributed by atoms with E-state index in [1.165, 1.54) is 16.8 Å². The number of rotatable bonds is 4. The van der Waals surface area contributed by atoms with Gasteiger partial charge in [-0.15, -0.1) is 0 Å². The highest BCUT2D eigenvalue weighted by atomic mass is 16.5. The smallest absolute Gasteiger partial charge is 0.342 e. The number of benzene rings is 1. The highest BCUT2D eigenvalue weighted by Gasteiger charge is 2.22. The predicted molar refractivity (Wildman–Crippen MR) is 100 cm³/mol. The molecule has 0 N–H and O–H groups in total. The van der Waals surface area contributed by atoms with E-state index >= 15 is 0 Å². The van der Waals surface area contributed by atoms with Crippen LogP contribution in [0.3, 0.4) is 0 Å². The monoisotopic (exact) mass is 374 g/mol. The van der Waals surface area contributed by atoms with E-state index in [0.717, 1.165) is 0 Å². The van der Waals surface area contributed by atoms with Crippen molar-refractivity contribution in [3.63, 3.8) is 0 Å². The van der Waals surface area contributed by atoms with Crippen LogP contribution < -0.4 is 5.56 Å². The van der Waals surface area contributed by atoms with Gasteiger partial charge in [0, 0.05) is 6.20 Å². The molecule has 0 saturated carbocycles. The van der Waals surface area contributed by atoms with Crippen molar-refractivity contribution in [1.82, 2.24) is 19.6 Å². The average Bonchev–Trinajstić information content (AvgIpc) is 2.74. The molecule has 4 aromatic rings. The molecule has 4 rings (SSSR count). The van der Waals surface area contributed by atoms with Gasteiger partial charge in [0.25, 0.3) is 5.56 Å². The van der Waals surface area contributed by atoms with E-state index in [1.54, 1.807) is 49.4 Å². The summed E-state index contributed by atoms with van der Waals surface area (Å²) in [6.45, 7) is 1.80. The highest BCUT2D eigenvalue weighted by molar-refractivity contribution is 6.08. The topological polar surface area (TPSA) is 104 Å². The van der Waals surface area contributed by atoms with Crippen LogP contribution in [0.5, 0.6) is 0 Å². The third-order valence-corrected chi connectivity index (χ3v) is 4.13. The van der Waals surface area contributed by atoms with E-state index in [9.17, 15) is 14.4 Å². The van der Waals surface area contributed by atoms with Gasteiger partial charge in [-0.1, -0.05) is 18.2 Å². The minimum Gasteiger partial charge on any atom is -0.462 e. The molecule has 0 fully saturated rings. The van der Waals surface area contributed by atoms with Crippen LogP contribution in [-0.2, 0) is 4.74 Å². The fourth-order valence-electron chi connectivity index (χ4n) is 2.87. The quantitative estimate of drug-likeness (QED) is 0.306. The maximum atomic E-state index is 12.9. The zero-order chi connectivity index (χ0) is 19.7. The summed E-state index contributed by atoms with van der Waals surface area (Å²) >= 11 is 0. The van der Waals surface area contributed by atoms with Crippen molar-refractivity contribution in [3.8, 4) is 0 Å². The van der Waals surface area contributed by atoms with E-state index in [-0.39, 0.29) is 29.2 Å². The van der Waals surface area contributed by atoms with Crippen molar-refractivity contribution in [3.05, 3.63) is 82.0 Å². The molecule has 3 heterocycles. The fraction of sp³-hybridized carbons (Fsp3) is 0.100. The van der Waals surface area contributed by atoms with Crippen LogP contribution in [0.15, 0.2) is 59.5 Å². The maximum absolute atomic E-state index is 12.9. The minimum atomic E-state index is -0.695. The van der Waals surface area contributed by atoms with Crippen molar-refractivity contribution in [2.24, 2.45) is 0 Å². The Kier molecular flexibility index (Phi) is 4.36. The zero-order valence-corrected chi connectivity index (χ0v) is 14.8. The van der Waals surface area contributed by atoms with Gasteiger partial charge in [-0.2, -0.15) is 10.1 Å². The average molecular weight is 374 g/mol. The fourth-order valence-corrected chi connectivity index (χ4v) is 2.87. The lowest BCUT2D eigenvalue weighted by molar-refractivity contribution is 0.0527. The summed E-state index contributed by atoms with van der Waals surface area (Å²) in [5.74, 6) is -1.16. The van der Waals surface area contributed by atoms with Crippen LogP contribution in [0.25, 0.3) is 16.6 Å². The normalized spacial score (nSPS) is 10.9. The molecular formula is C20H14N4O4. The molecule has 0 aliphatic heterocycles. The molecule has 1 aromatic carbocycles. The minimum absolute atomic E-state index is 0.00939. The van der Waals surface area contributed by atoms with Crippen molar-refractivity contribution in [1.29, 1.82) is 0 Å². The molecule has 28 heavy (non-hydrogen) atoms. The highest BCUT2D eigenvalue weighted by Crippen LogP contribution is 2.17. The summed E-state index contributed by atoms with van der Waals surface area (Å²) in [4.78, 5) is 45.8. The summed E-state index contributed by atoms with van der Waals surface area (Å²) in [6.07, 6.45) is 1.49. The van der Waals surface area contributed by atoms with E-state index in [1.807, 2.05) is 0 Å². The summed E-state index contributed by atoms with van der Waals surface area (Å²) in [6, 6.07) is 12.9. The molecule has 0 bridgehead atoms. The Morgan fingerprint density at radius 1 is 1.07 bits per heavy atom. The van der Waals surface area contributed by atoms with Gasteiger partial charge in [0.2, 0.25) is 5.78 Å². The molecule has 0 spiro atoms. The van der Waals surface area contributed by atoms with Crippen LogP contribution in [0.4, 0.5) is 0 Å². The number of pyridine rings is 1. The molecule has 3 aromatic heterocycles. The number of ether oxygens (including phenoxy) is 1. The third-order valence-electron chi connectivity index (χ3n) is 4.13. The first kappa shape index (κ1) is 17.5. The number of carbonyl (C=O) groups excluding carboxylic acids is 2. The van der Waals surface area contributed by atoms with Crippen LogP contribution in [0, 0.1) is 0 Å². The molecule has 0 radical (unpaired) electrons. The van der Waals surface area contributed by atoms with Gasteiger partial charge in [0.05, 0.1) is 17.5 Å². The molecule has 0 aliphatic rings. The molecular weight excluding hydrogens is 360 g/mol. The lowest BCUT2D eigenvalue weighted by Crippen LogP contribution is -2.20. The number of fused-ring (bicyclic) bond motifs is 3. The molecule has 0 atom stereocenters. The first-order chi connectivity index (χ1) is 13.6. The van der Waals surface area contributed by atoms with E-state index in [4.69, 9.17) is 4.74 Å². The van der Waals surface area contributed by atoms with Gasteiger partial charge in [-0.05, 0) is 37.3 Å². The van der Waals surface area contributed by atoms with Gasteiger partial charge >= 0.3 is 5.97 Å².